The number of aromatic carboxylic acids is 1. The molecule has 0 amide bonds. The molecule has 0 spiro atoms. The van der Waals surface area contributed by atoms with Crippen molar-refractivity contribution < 1.29 is 14.6 Å². The predicted octanol–water partition coefficient (Wildman–Crippen LogP) is 4.09. The predicted molar refractivity (Wildman–Crippen MR) is 88.3 cm³/mol. The maximum absolute atomic E-state index is 11.1. The molecule has 2 heterocycles. The minimum Gasteiger partial charge on any atom is -0.478 e. The fourth-order valence-electron chi connectivity index (χ4n) is 1.84. The van der Waals surface area contributed by atoms with E-state index in [4.69, 9.17) is 9.84 Å². The van der Waals surface area contributed by atoms with E-state index in [9.17, 15) is 4.79 Å². The molecule has 3 aromatic rings. The Morgan fingerprint density at radius 2 is 2.19 bits per heavy atom. The van der Waals surface area contributed by atoms with Crippen molar-refractivity contribution in [2.45, 2.75) is 6.92 Å². The van der Waals surface area contributed by atoms with Crippen LogP contribution >= 0.6 is 33.9 Å². The van der Waals surface area contributed by atoms with Gasteiger partial charge in [-0.1, -0.05) is 0 Å². The van der Waals surface area contributed by atoms with E-state index in [1.54, 1.807) is 12.1 Å². The molecule has 0 saturated heterocycles. The van der Waals surface area contributed by atoms with Gasteiger partial charge in [-0.05, 0) is 58.7 Å². The maximum atomic E-state index is 11.1. The number of carbonyl (C=O) groups is 1. The Morgan fingerprint density at radius 3 is 2.95 bits per heavy atom. The van der Waals surface area contributed by atoms with Gasteiger partial charge in [0.1, 0.15) is 16.8 Å². The molecular weight excluding hydrogens is 403 g/mol. The van der Waals surface area contributed by atoms with Crippen molar-refractivity contribution in [2.75, 3.05) is 0 Å². The molecule has 7 heteroatoms. The highest BCUT2D eigenvalue weighted by molar-refractivity contribution is 14.1. The normalized spacial score (nSPS) is 10.8. The molecular formula is C14H9IN2O3S. The van der Waals surface area contributed by atoms with E-state index >= 15 is 0 Å². The first kappa shape index (κ1) is 14.2. The zero-order valence-electron chi connectivity index (χ0n) is 10.8. The quantitative estimate of drug-likeness (QED) is 0.656. The molecule has 0 bridgehead atoms. The van der Waals surface area contributed by atoms with Gasteiger partial charge in [-0.15, -0.1) is 11.3 Å². The number of nitrogens with zero attached hydrogens (tertiary/aromatic N) is 2. The SMILES string of the molecule is Cc1csc2c(Oc3cc(C(=O)O)ccc3I)ncnc12. The summed E-state index contributed by atoms with van der Waals surface area (Å²) < 4.78 is 7.49. The van der Waals surface area contributed by atoms with Crippen LogP contribution in [0.2, 0.25) is 0 Å². The van der Waals surface area contributed by atoms with E-state index in [1.807, 2.05) is 12.3 Å². The molecule has 1 aromatic carbocycles. The smallest absolute Gasteiger partial charge is 0.335 e. The van der Waals surface area contributed by atoms with Crippen LogP contribution in [0.15, 0.2) is 29.9 Å². The topological polar surface area (TPSA) is 72.3 Å². The van der Waals surface area contributed by atoms with Crippen LogP contribution in [0.25, 0.3) is 10.2 Å². The fourth-order valence-corrected chi connectivity index (χ4v) is 3.21. The number of ether oxygens (including phenoxy) is 1. The summed E-state index contributed by atoms with van der Waals surface area (Å²) in [6, 6.07) is 4.75. The summed E-state index contributed by atoms with van der Waals surface area (Å²) in [5.74, 6) is -0.0730. The number of halogens is 1. The minimum atomic E-state index is -0.990. The number of benzene rings is 1. The Bertz CT molecular complexity index is 847. The Morgan fingerprint density at radius 1 is 1.38 bits per heavy atom. The third kappa shape index (κ3) is 2.70. The fraction of sp³-hybridized carbons (Fsp3) is 0.0714. The number of fused-ring (bicyclic) bond motifs is 1. The first-order valence-corrected chi connectivity index (χ1v) is 7.91. The first-order chi connectivity index (χ1) is 10.1. The van der Waals surface area contributed by atoms with Gasteiger partial charge in [0.25, 0.3) is 0 Å². The summed E-state index contributed by atoms with van der Waals surface area (Å²) in [5, 5.41) is 11.1. The number of carboxylic acid groups (broad SMARTS) is 1. The second kappa shape index (κ2) is 5.57. The van der Waals surface area contributed by atoms with Crippen LogP contribution in [0.5, 0.6) is 11.6 Å². The summed E-state index contributed by atoms with van der Waals surface area (Å²) in [6.07, 6.45) is 1.45. The van der Waals surface area contributed by atoms with Gasteiger partial charge in [-0.2, -0.15) is 0 Å². The molecule has 0 aliphatic heterocycles. The monoisotopic (exact) mass is 412 g/mol. The van der Waals surface area contributed by atoms with Gasteiger partial charge in [0.2, 0.25) is 5.88 Å². The highest BCUT2D eigenvalue weighted by atomic mass is 127. The average Bonchev–Trinajstić information content (AvgIpc) is 2.84. The summed E-state index contributed by atoms with van der Waals surface area (Å²) in [4.78, 5) is 19.4. The second-order valence-electron chi connectivity index (χ2n) is 4.33. The summed E-state index contributed by atoms with van der Waals surface area (Å²) in [7, 11) is 0. The van der Waals surface area contributed by atoms with Crippen molar-refractivity contribution in [1.82, 2.24) is 9.97 Å². The summed E-state index contributed by atoms with van der Waals surface area (Å²) >= 11 is 3.61. The molecule has 0 unspecified atom stereocenters. The van der Waals surface area contributed by atoms with Gasteiger partial charge in [0.15, 0.2) is 0 Å². The van der Waals surface area contributed by atoms with Crippen LogP contribution < -0.4 is 4.74 Å². The summed E-state index contributed by atoms with van der Waals surface area (Å²) in [5.41, 5.74) is 2.10. The molecule has 0 aliphatic carbocycles. The first-order valence-electron chi connectivity index (χ1n) is 5.96. The number of carboxylic acids is 1. The zero-order valence-corrected chi connectivity index (χ0v) is 13.8. The summed E-state index contributed by atoms with van der Waals surface area (Å²) in [6.45, 7) is 1.98. The third-order valence-corrected chi connectivity index (χ3v) is 4.85. The van der Waals surface area contributed by atoms with E-state index in [-0.39, 0.29) is 5.56 Å². The Kier molecular flexibility index (Phi) is 3.77. The molecule has 1 N–H and O–H groups in total. The lowest BCUT2D eigenvalue weighted by atomic mass is 10.2. The minimum absolute atomic E-state index is 0.179. The van der Waals surface area contributed by atoms with Crippen molar-refractivity contribution in [2.24, 2.45) is 0 Å². The van der Waals surface area contributed by atoms with Crippen LogP contribution in [-0.2, 0) is 0 Å². The molecule has 0 fully saturated rings. The van der Waals surface area contributed by atoms with Gasteiger partial charge >= 0.3 is 5.97 Å². The Labute approximate surface area is 137 Å². The van der Waals surface area contributed by atoms with Gasteiger partial charge in [0, 0.05) is 0 Å². The molecule has 5 nitrogen and oxygen atoms in total. The lowest BCUT2D eigenvalue weighted by Gasteiger charge is -2.08. The van der Waals surface area contributed by atoms with Crippen LogP contribution in [0.4, 0.5) is 0 Å². The van der Waals surface area contributed by atoms with Crippen LogP contribution in [0.3, 0.4) is 0 Å². The lowest BCUT2D eigenvalue weighted by Crippen LogP contribution is -1.98. The molecule has 2 aromatic heterocycles. The van der Waals surface area contributed by atoms with E-state index in [2.05, 4.69) is 32.6 Å². The Balaban J connectivity index is 2.06. The number of hydrogen-bond donors (Lipinski definition) is 1. The number of aryl methyl sites for hydroxylation is 1. The molecule has 0 radical (unpaired) electrons. The molecule has 0 saturated carbocycles. The van der Waals surface area contributed by atoms with E-state index in [0.717, 1.165) is 19.4 Å². The van der Waals surface area contributed by atoms with Crippen molar-refractivity contribution in [1.29, 1.82) is 0 Å². The van der Waals surface area contributed by atoms with Crippen LogP contribution in [-0.4, -0.2) is 21.0 Å². The number of rotatable bonds is 3. The van der Waals surface area contributed by atoms with Crippen molar-refractivity contribution >= 4 is 50.1 Å². The highest BCUT2D eigenvalue weighted by Crippen LogP contribution is 2.34. The highest BCUT2D eigenvalue weighted by Gasteiger charge is 2.13. The zero-order chi connectivity index (χ0) is 15.0. The maximum Gasteiger partial charge on any atom is 0.335 e. The average molecular weight is 412 g/mol. The third-order valence-electron chi connectivity index (χ3n) is 2.88. The second-order valence-corrected chi connectivity index (χ2v) is 6.37. The van der Waals surface area contributed by atoms with Gasteiger partial charge in [-0.25, -0.2) is 14.8 Å². The number of thiophene rings is 1. The van der Waals surface area contributed by atoms with Crippen molar-refractivity contribution in [3.05, 3.63) is 44.6 Å². The van der Waals surface area contributed by atoms with E-state index < -0.39 is 5.97 Å². The number of aromatic nitrogens is 2. The van der Waals surface area contributed by atoms with E-state index in [0.29, 0.717) is 11.6 Å². The largest absolute Gasteiger partial charge is 0.478 e. The van der Waals surface area contributed by atoms with Crippen LogP contribution in [0, 0.1) is 10.5 Å². The van der Waals surface area contributed by atoms with Gasteiger partial charge in [0.05, 0.1) is 14.7 Å². The van der Waals surface area contributed by atoms with Crippen molar-refractivity contribution in [3.63, 3.8) is 0 Å². The molecule has 0 aliphatic rings. The van der Waals surface area contributed by atoms with Crippen molar-refractivity contribution in [3.8, 4) is 11.6 Å². The molecule has 0 atom stereocenters. The molecule has 21 heavy (non-hydrogen) atoms. The Hall–Kier alpha value is -1.74. The molecule has 106 valence electrons. The standard InChI is InChI=1S/C14H9IN2O3S/c1-7-5-21-12-11(7)16-6-17-13(12)20-10-4-8(14(18)19)2-3-9(10)15/h2-6H,1H3,(H,18,19). The molecule has 3 rings (SSSR count). The van der Waals surface area contributed by atoms with Gasteiger partial charge < -0.3 is 9.84 Å². The lowest BCUT2D eigenvalue weighted by molar-refractivity contribution is 0.0696. The van der Waals surface area contributed by atoms with E-state index in [1.165, 1.54) is 23.7 Å². The van der Waals surface area contributed by atoms with Crippen LogP contribution in [0.1, 0.15) is 15.9 Å². The van der Waals surface area contributed by atoms with Gasteiger partial charge in [-0.3, -0.25) is 0 Å². The number of hydrogen-bond acceptors (Lipinski definition) is 5.